The van der Waals surface area contributed by atoms with Gasteiger partial charge in [0.2, 0.25) is 0 Å². The van der Waals surface area contributed by atoms with Crippen LogP contribution in [0.15, 0.2) is 23.0 Å². The van der Waals surface area contributed by atoms with Gasteiger partial charge in [-0.25, -0.2) is 0 Å². The van der Waals surface area contributed by atoms with E-state index < -0.39 is 0 Å². The number of rotatable bonds is 5. The molecule has 1 fully saturated rings. The van der Waals surface area contributed by atoms with E-state index in [2.05, 4.69) is 5.32 Å². The van der Waals surface area contributed by atoms with Crippen molar-refractivity contribution in [1.29, 1.82) is 0 Å². The lowest BCUT2D eigenvalue weighted by Crippen LogP contribution is -2.28. The lowest BCUT2D eigenvalue weighted by Gasteiger charge is -2.15. The molecule has 1 amide bonds. The first kappa shape index (κ1) is 13.1. The fraction of sp³-hybridized carbons (Fsp3) is 0.643. The summed E-state index contributed by atoms with van der Waals surface area (Å²) in [4.78, 5) is 11.6. The molecule has 1 saturated carbocycles. The second-order valence-electron chi connectivity index (χ2n) is 4.75. The number of ether oxygens (including phenoxy) is 1. The summed E-state index contributed by atoms with van der Waals surface area (Å²) in [5.74, 6) is -0.104. The van der Waals surface area contributed by atoms with Crippen LogP contribution in [-0.4, -0.2) is 25.2 Å². The second kappa shape index (κ2) is 7.21. The summed E-state index contributed by atoms with van der Waals surface area (Å²) < 4.78 is 10.7. The number of amides is 1. The minimum Gasteiger partial charge on any atom is -0.472 e. The fourth-order valence-electron chi connectivity index (χ4n) is 2.29. The van der Waals surface area contributed by atoms with Crippen molar-refractivity contribution in [3.8, 4) is 0 Å². The van der Waals surface area contributed by atoms with Crippen molar-refractivity contribution >= 4 is 5.91 Å². The largest absolute Gasteiger partial charge is 0.472 e. The van der Waals surface area contributed by atoms with Crippen LogP contribution in [0.4, 0.5) is 0 Å². The summed E-state index contributed by atoms with van der Waals surface area (Å²) in [6.07, 6.45) is 10.9. The average molecular weight is 251 g/mol. The van der Waals surface area contributed by atoms with Gasteiger partial charge in [-0.3, -0.25) is 4.79 Å². The van der Waals surface area contributed by atoms with Crippen molar-refractivity contribution in [2.75, 3.05) is 13.2 Å². The highest BCUT2D eigenvalue weighted by Crippen LogP contribution is 2.19. The molecule has 4 heteroatoms. The van der Waals surface area contributed by atoms with Crippen LogP contribution in [0.2, 0.25) is 0 Å². The predicted octanol–water partition coefficient (Wildman–Crippen LogP) is 2.75. The molecule has 4 nitrogen and oxygen atoms in total. The van der Waals surface area contributed by atoms with Crippen LogP contribution in [-0.2, 0) is 4.74 Å². The maximum Gasteiger partial charge on any atom is 0.254 e. The molecule has 1 aromatic rings. The number of hydrogen-bond donors (Lipinski definition) is 1. The molecule has 0 spiro atoms. The highest BCUT2D eigenvalue weighted by Gasteiger charge is 2.12. The zero-order valence-corrected chi connectivity index (χ0v) is 10.7. The Balaban J connectivity index is 1.59. The Bertz CT molecular complexity index is 340. The first-order valence-electron chi connectivity index (χ1n) is 6.78. The average Bonchev–Trinajstić information content (AvgIpc) is 2.80. The van der Waals surface area contributed by atoms with Gasteiger partial charge in [-0.2, -0.15) is 0 Å². The fourth-order valence-corrected chi connectivity index (χ4v) is 2.29. The van der Waals surface area contributed by atoms with Gasteiger partial charge in [0, 0.05) is 6.54 Å². The van der Waals surface area contributed by atoms with Gasteiger partial charge >= 0.3 is 0 Å². The molecular weight excluding hydrogens is 230 g/mol. The Morgan fingerprint density at radius 1 is 1.33 bits per heavy atom. The Morgan fingerprint density at radius 3 is 2.78 bits per heavy atom. The van der Waals surface area contributed by atoms with Crippen LogP contribution < -0.4 is 5.32 Å². The number of carbonyl (C=O) groups is 1. The van der Waals surface area contributed by atoms with Crippen LogP contribution >= 0.6 is 0 Å². The minimum atomic E-state index is -0.104. The molecule has 1 heterocycles. The first-order valence-corrected chi connectivity index (χ1v) is 6.78. The highest BCUT2D eigenvalue weighted by molar-refractivity contribution is 5.93. The Kier molecular flexibility index (Phi) is 5.27. The third kappa shape index (κ3) is 4.18. The van der Waals surface area contributed by atoms with E-state index >= 15 is 0 Å². The summed E-state index contributed by atoms with van der Waals surface area (Å²) >= 11 is 0. The van der Waals surface area contributed by atoms with Gasteiger partial charge in [0.25, 0.3) is 5.91 Å². The third-order valence-electron chi connectivity index (χ3n) is 3.33. The Hall–Kier alpha value is -1.29. The van der Waals surface area contributed by atoms with Crippen molar-refractivity contribution in [3.05, 3.63) is 24.2 Å². The van der Waals surface area contributed by atoms with E-state index in [4.69, 9.17) is 9.15 Å². The van der Waals surface area contributed by atoms with Crippen molar-refractivity contribution in [2.45, 2.75) is 44.6 Å². The van der Waals surface area contributed by atoms with Gasteiger partial charge in [0.05, 0.1) is 24.5 Å². The van der Waals surface area contributed by atoms with Crippen molar-refractivity contribution in [1.82, 2.24) is 5.32 Å². The number of furan rings is 1. The molecule has 0 aromatic carbocycles. The SMILES string of the molecule is O=C(NCCOC1CCCCCC1)c1ccoc1. The van der Waals surface area contributed by atoms with Crippen LogP contribution in [0.3, 0.4) is 0 Å². The van der Waals surface area contributed by atoms with E-state index in [1.807, 2.05) is 0 Å². The zero-order valence-electron chi connectivity index (χ0n) is 10.7. The first-order chi connectivity index (χ1) is 8.86. The Labute approximate surface area is 108 Å². The van der Waals surface area contributed by atoms with Crippen molar-refractivity contribution in [3.63, 3.8) is 0 Å². The molecule has 2 rings (SSSR count). The molecule has 0 radical (unpaired) electrons. The van der Waals surface area contributed by atoms with E-state index in [-0.39, 0.29) is 5.91 Å². The lowest BCUT2D eigenvalue weighted by atomic mass is 10.1. The predicted molar refractivity (Wildman–Crippen MR) is 68.5 cm³/mol. The van der Waals surface area contributed by atoms with Gasteiger partial charge in [0.1, 0.15) is 6.26 Å². The molecule has 1 aliphatic rings. The molecule has 1 aliphatic carbocycles. The molecule has 0 bridgehead atoms. The molecule has 0 saturated heterocycles. The van der Waals surface area contributed by atoms with Gasteiger partial charge in [-0.1, -0.05) is 25.7 Å². The summed E-state index contributed by atoms with van der Waals surface area (Å²) in [7, 11) is 0. The van der Waals surface area contributed by atoms with E-state index in [1.54, 1.807) is 6.07 Å². The molecule has 0 unspecified atom stereocenters. The normalized spacial score (nSPS) is 17.3. The topological polar surface area (TPSA) is 51.5 Å². The van der Waals surface area contributed by atoms with E-state index in [0.29, 0.717) is 24.8 Å². The monoisotopic (exact) mass is 251 g/mol. The van der Waals surface area contributed by atoms with E-state index in [0.717, 1.165) is 12.8 Å². The second-order valence-corrected chi connectivity index (χ2v) is 4.75. The molecule has 0 atom stereocenters. The molecule has 0 aliphatic heterocycles. The van der Waals surface area contributed by atoms with Crippen LogP contribution in [0.5, 0.6) is 0 Å². The quantitative estimate of drug-likeness (QED) is 0.646. The van der Waals surface area contributed by atoms with Crippen LogP contribution in [0.1, 0.15) is 48.9 Å². The van der Waals surface area contributed by atoms with E-state index in [9.17, 15) is 4.79 Å². The minimum absolute atomic E-state index is 0.104. The van der Waals surface area contributed by atoms with Crippen LogP contribution in [0, 0.1) is 0 Å². The number of nitrogens with one attached hydrogen (secondary N) is 1. The maximum atomic E-state index is 11.6. The van der Waals surface area contributed by atoms with Gasteiger partial charge in [0.15, 0.2) is 0 Å². The summed E-state index contributed by atoms with van der Waals surface area (Å²) in [5, 5.41) is 2.82. The van der Waals surface area contributed by atoms with Crippen molar-refractivity contribution in [2.24, 2.45) is 0 Å². The van der Waals surface area contributed by atoms with E-state index in [1.165, 1.54) is 38.2 Å². The molecule has 100 valence electrons. The molecule has 1 N–H and O–H groups in total. The standard InChI is InChI=1S/C14H21NO3/c16-14(12-7-9-17-11-12)15-8-10-18-13-5-3-1-2-4-6-13/h7,9,11,13H,1-6,8,10H2,(H,15,16). The summed E-state index contributed by atoms with van der Waals surface area (Å²) in [6, 6.07) is 1.65. The molecule has 18 heavy (non-hydrogen) atoms. The van der Waals surface area contributed by atoms with Crippen molar-refractivity contribution < 1.29 is 13.9 Å². The Morgan fingerprint density at radius 2 is 2.11 bits per heavy atom. The zero-order chi connectivity index (χ0) is 12.6. The maximum absolute atomic E-state index is 11.6. The van der Waals surface area contributed by atoms with Crippen LogP contribution in [0.25, 0.3) is 0 Å². The summed E-state index contributed by atoms with van der Waals surface area (Å²) in [6.45, 7) is 1.15. The van der Waals surface area contributed by atoms with Gasteiger partial charge < -0.3 is 14.5 Å². The smallest absolute Gasteiger partial charge is 0.254 e. The van der Waals surface area contributed by atoms with Gasteiger partial charge in [-0.05, 0) is 18.9 Å². The summed E-state index contributed by atoms with van der Waals surface area (Å²) in [5.41, 5.74) is 0.560. The molecular formula is C14H21NO3. The lowest BCUT2D eigenvalue weighted by molar-refractivity contribution is 0.0441. The number of carbonyl (C=O) groups excluding carboxylic acids is 1. The van der Waals surface area contributed by atoms with Gasteiger partial charge in [-0.15, -0.1) is 0 Å². The third-order valence-corrected chi connectivity index (χ3v) is 3.33. The highest BCUT2D eigenvalue weighted by atomic mass is 16.5. The number of hydrogen-bond acceptors (Lipinski definition) is 3. The molecule has 1 aromatic heterocycles.